The zero-order chi connectivity index (χ0) is 16.7. The Labute approximate surface area is 139 Å². The highest BCUT2D eigenvalue weighted by Crippen LogP contribution is 2.56. The number of hydrogen-bond acceptors (Lipinski definition) is 2. The molecule has 2 nitrogen and oxygen atoms in total. The molecule has 1 aliphatic rings. The molecule has 0 radical (unpaired) electrons. The van der Waals surface area contributed by atoms with Crippen molar-refractivity contribution in [3.63, 3.8) is 0 Å². The van der Waals surface area contributed by atoms with Crippen molar-refractivity contribution in [2.75, 3.05) is 0 Å². The van der Waals surface area contributed by atoms with E-state index in [9.17, 15) is 18.0 Å². The summed E-state index contributed by atoms with van der Waals surface area (Å²) >= 11 is 3.21. The molecule has 0 aliphatic carbocycles. The summed E-state index contributed by atoms with van der Waals surface area (Å²) in [4.78, 5) is 11.8. The van der Waals surface area contributed by atoms with Crippen molar-refractivity contribution in [2.45, 2.75) is 24.1 Å². The van der Waals surface area contributed by atoms with Crippen LogP contribution in [0.4, 0.5) is 13.2 Å². The maximum Gasteiger partial charge on any atom is 0.433 e. The lowest BCUT2D eigenvalue weighted by Crippen LogP contribution is -2.46. The number of cyclic esters (lactones) is 1. The minimum atomic E-state index is -4.73. The molecule has 0 saturated carbocycles. The van der Waals surface area contributed by atoms with E-state index in [0.29, 0.717) is 10.0 Å². The van der Waals surface area contributed by atoms with Crippen LogP contribution in [-0.4, -0.2) is 12.1 Å². The Morgan fingerprint density at radius 2 is 1.65 bits per heavy atom. The molecule has 1 aliphatic heterocycles. The lowest BCUT2D eigenvalue weighted by Gasteiger charge is -2.35. The van der Waals surface area contributed by atoms with Crippen LogP contribution >= 0.6 is 15.9 Å². The Bertz CT molecular complexity index is 713. The molecule has 0 amide bonds. The number of rotatable bonds is 2. The fraction of sp³-hybridized carbons (Fsp3) is 0.235. The number of carbonyl (C=O) groups is 1. The third kappa shape index (κ3) is 2.65. The second-order valence-electron chi connectivity index (χ2n) is 5.38. The van der Waals surface area contributed by atoms with Gasteiger partial charge in [0.05, 0.1) is 6.42 Å². The standard InChI is InChI=1S/C17H12BrF3O2/c18-13-8-6-12(7-9-13)16(17(19,20)21)14(10-15(22)23-16)11-4-2-1-3-5-11/h1-9,14H,10H2. The number of halogens is 4. The molecule has 3 rings (SSSR count). The summed E-state index contributed by atoms with van der Waals surface area (Å²) in [6, 6.07) is 13.9. The molecular formula is C17H12BrF3O2. The summed E-state index contributed by atoms with van der Waals surface area (Å²) in [6.45, 7) is 0. The van der Waals surface area contributed by atoms with Crippen LogP contribution in [0, 0.1) is 0 Å². The molecule has 0 bridgehead atoms. The summed E-state index contributed by atoms with van der Waals surface area (Å²) in [7, 11) is 0. The monoisotopic (exact) mass is 384 g/mol. The van der Waals surface area contributed by atoms with Gasteiger partial charge in [0.1, 0.15) is 0 Å². The van der Waals surface area contributed by atoms with Gasteiger partial charge in [0.25, 0.3) is 0 Å². The van der Waals surface area contributed by atoms with Crippen LogP contribution in [0.2, 0.25) is 0 Å². The van der Waals surface area contributed by atoms with Gasteiger partial charge in [-0.05, 0) is 17.7 Å². The third-order valence-corrected chi connectivity index (χ3v) is 4.56. The average Bonchev–Trinajstić information content (AvgIpc) is 2.87. The summed E-state index contributed by atoms with van der Waals surface area (Å²) in [5.41, 5.74) is -2.31. The summed E-state index contributed by atoms with van der Waals surface area (Å²) in [5, 5.41) is 0. The van der Waals surface area contributed by atoms with Gasteiger partial charge >= 0.3 is 12.1 Å². The molecule has 0 aromatic heterocycles. The highest BCUT2D eigenvalue weighted by molar-refractivity contribution is 9.10. The molecule has 0 spiro atoms. The largest absolute Gasteiger partial charge is 0.444 e. The molecule has 23 heavy (non-hydrogen) atoms. The molecule has 2 aromatic rings. The van der Waals surface area contributed by atoms with E-state index in [-0.39, 0.29) is 12.0 Å². The molecular weight excluding hydrogens is 373 g/mol. The van der Waals surface area contributed by atoms with E-state index in [1.807, 2.05) is 0 Å². The predicted octanol–water partition coefficient (Wildman–Crippen LogP) is 4.94. The van der Waals surface area contributed by atoms with Crippen molar-refractivity contribution in [2.24, 2.45) is 0 Å². The van der Waals surface area contributed by atoms with Gasteiger partial charge in [-0.15, -0.1) is 0 Å². The van der Waals surface area contributed by atoms with Gasteiger partial charge in [-0.2, -0.15) is 13.2 Å². The van der Waals surface area contributed by atoms with Crippen molar-refractivity contribution < 1.29 is 22.7 Å². The van der Waals surface area contributed by atoms with E-state index in [1.165, 1.54) is 24.3 Å². The van der Waals surface area contributed by atoms with Gasteiger partial charge < -0.3 is 4.74 Å². The van der Waals surface area contributed by atoms with Crippen molar-refractivity contribution in [3.05, 3.63) is 70.2 Å². The van der Waals surface area contributed by atoms with Crippen molar-refractivity contribution >= 4 is 21.9 Å². The Balaban J connectivity index is 2.21. The van der Waals surface area contributed by atoms with Crippen molar-refractivity contribution in [3.8, 4) is 0 Å². The average molecular weight is 385 g/mol. The third-order valence-electron chi connectivity index (χ3n) is 4.03. The number of benzene rings is 2. The molecule has 2 atom stereocenters. The van der Waals surface area contributed by atoms with E-state index < -0.39 is 23.7 Å². The number of esters is 1. The van der Waals surface area contributed by atoms with E-state index in [1.54, 1.807) is 30.3 Å². The molecule has 1 saturated heterocycles. The van der Waals surface area contributed by atoms with Crippen molar-refractivity contribution in [1.29, 1.82) is 0 Å². The first-order chi connectivity index (χ1) is 10.8. The first-order valence-electron chi connectivity index (χ1n) is 6.94. The van der Waals surface area contributed by atoms with Crippen LogP contribution in [-0.2, 0) is 15.1 Å². The first kappa shape index (κ1) is 16.1. The maximum atomic E-state index is 14.0. The molecule has 1 fully saturated rings. The Morgan fingerprint density at radius 3 is 2.22 bits per heavy atom. The van der Waals surface area contributed by atoms with Gasteiger partial charge in [-0.25, -0.2) is 0 Å². The smallest absolute Gasteiger partial charge is 0.433 e. The number of hydrogen-bond donors (Lipinski definition) is 0. The second-order valence-corrected chi connectivity index (χ2v) is 6.30. The van der Waals surface area contributed by atoms with Gasteiger partial charge in [-0.3, -0.25) is 4.79 Å². The van der Waals surface area contributed by atoms with Crippen molar-refractivity contribution in [1.82, 2.24) is 0 Å². The van der Waals surface area contributed by atoms with E-state index in [4.69, 9.17) is 4.74 Å². The Morgan fingerprint density at radius 1 is 1.04 bits per heavy atom. The summed E-state index contributed by atoms with van der Waals surface area (Å²) < 4.78 is 47.6. The number of alkyl halides is 3. The maximum absolute atomic E-state index is 14.0. The van der Waals surface area contributed by atoms with Crippen LogP contribution in [0.3, 0.4) is 0 Å². The quantitative estimate of drug-likeness (QED) is 0.685. The predicted molar refractivity (Wildman–Crippen MR) is 81.8 cm³/mol. The Hall–Kier alpha value is -1.82. The van der Waals surface area contributed by atoms with Gasteiger partial charge in [-0.1, -0.05) is 58.4 Å². The van der Waals surface area contributed by atoms with Gasteiger partial charge in [0, 0.05) is 16.0 Å². The minimum absolute atomic E-state index is 0.0760. The zero-order valence-corrected chi connectivity index (χ0v) is 13.4. The fourth-order valence-corrected chi connectivity index (χ4v) is 3.28. The minimum Gasteiger partial charge on any atom is -0.444 e. The van der Waals surface area contributed by atoms with Gasteiger partial charge in [0.15, 0.2) is 0 Å². The number of ether oxygens (including phenoxy) is 1. The van der Waals surface area contributed by atoms with Crippen LogP contribution in [0.5, 0.6) is 0 Å². The molecule has 6 heteroatoms. The zero-order valence-electron chi connectivity index (χ0n) is 11.8. The normalized spacial score (nSPS) is 24.5. The van der Waals surface area contributed by atoms with Crippen LogP contribution in [0.1, 0.15) is 23.5 Å². The summed E-state index contributed by atoms with van der Waals surface area (Å²) in [6.07, 6.45) is -5.03. The van der Waals surface area contributed by atoms with Crippen LogP contribution in [0.25, 0.3) is 0 Å². The number of carbonyl (C=O) groups excluding carboxylic acids is 1. The highest BCUT2D eigenvalue weighted by Gasteiger charge is 2.67. The first-order valence-corrected chi connectivity index (χ1v) is 7.73. The lowest BCUT2D eigenvalue weighted by atomic mass is 9.77. The molecule has 2 unspecified atom stereocenters. The molecule has 0 N–H and O–H groups in total. The van der Waals surface area contributed by atoms with E-state index >= 15 is 0 Å². The van der Waals surface area contributed by atoms with Gasteiger partial charge in [0.2, 0.25) is 5.60 Å². The molecule has 2 aromatic carbocycles. The molecule has 120 valence electrons. The fourth-order valence-electron chi connectivity index (χ4n) is 3.02. The highest BCUT2D eigenvalue weighted by atomic mass is 79.9. The topological polar surface area (TPSA) is 26.3 Å². The van der Waals surface area contributed by atoms with E-state index in [0.717, 1.165) is 0 Å². The van der Waals surface area contributed by atoms with E-state index in [2.05, 4.69) is 15.9 Å². The summed E-state index contributed by atoms with van der Waals surface area (Å²) in [5.74, 6) is -1.96. The SMILES string of the molecule is O=C1CC(c2ccccc2)C(c2ccc(Br)cc2)(C(F)(F)F)O1. The second kappa shape index (κ2) is 5.67. The molecule has 1 heterocycles. The van der Waals surface area contributed by atoms with Crippen LogP contribution < -0.4 is 0 Å². The lowest BCUT2D eigenvalue weighted by molar-refractivity contribution is -0.269. The Kier molecular flexibility index (Phi) is 3.96. The van der Waals surface area contributed by atoms with Crippen LogP contribution in [0.15, 0.2) is 59.1 Å².